The summed E-state index contributed by atoms with van der Waals surface area (Å²) in [5.74, 6) is -1.71. The van der Waals surface area contributed by atoms with Gasteiger partial charge < -0.3 is 15.5 Å². The molecule has 3 N–H and O–H groups in total. The number of hydrogen-bond donors (Lipinski definition) is 3. The second-order valence-electron chi connectivity index (χ2n) is 4.16. The summed E-state index contributed by atoms with van der Waals surface area (Å²) >= 11 is 5.90. The van der Waals surface area contributed by atoms with E-state index in [9.17, 15) is 13.6 Å². The number of benzene rings is 2. The van der Waals surface area contributed by atoms with Gasteiger partial charge in [-0.05, 0) is 24.3 Å². The summed E-state index contributed by atoms with van der Waals surface area (Å²) in [6.07, 6.45) is 0. The van der Waals surface area contributed by atoms with E-state index in [0.29, 0.717) is 16.5 Å². The molecule has 0 atom stereocenters. The number of carbonyl (C=O) groups excluding carboxylic acids is 1. The van der Waals surface area contributed by atoms with E-state index in [-0.39, 0.29) is 5.69 Å². The highest BCUT2D eigenvalue weighted by Crippen LogP contribution is 2.27. The molecule has 22 heavy (non-hydrogen) atoms. The first-order valence-electron chi connectivity index (χ1n) is 6.16. The van der Waals surface area contributed by atoms with Crippen LogP contribution in [0.3, 0.4) is 0 Å². The first-order valence-corrected chi connectivity index (χ1v) is 6.53. The summed E-state index contributed by atoms with van der Waals surface area (Å²) in [6.45, 7) is 0. The maximum atomic E-state index is 13.1. The number of halogens is 3. The minimum Gasteiger partial charge on any atom is -0.407 e. The van der Waals surface area contributed by atoms with Crippen LogP contribution in [0.4, 0.5) is 25.0 Å². The normalized spacial score (nSPS) is 10.2. The Morgan fingerprint density at radius 3 is 2.32 bits per heavy atom. The van der Waals surface area contributed by atoms with Crippen molar-refractivity contribution in [3.63, 3.8) is 0 Å². The summed E-state index contributed by atoms with van der Waals surface area (Å²) in [4.78, 5) is 16.9. The van der Waals surface area contributed by atoms with Crippen LogP contribution in [-0.4, -0.2) is 13.1 Å². The summed E-state index contributed by atoms with van der Waals surface area (Å²) in [6, 6.07) is 7.04. The van der Waals surface area contributed by atoms with Crippen LogP contribution in [0.5, 0.6) is 5.75 Å². The topological polar surface area (TPSA) is 62.4 Å². The van der Waals surface area contributed by atoms with Crippen molar-refractivity contribution in [2.75, 3.05) is 17.7 Å². The first kappa shape index (κ1) is 16.0. The Hall–Kier alpha value is -2.38. The highest BCUT2D eigenvalue weighted by Gasteiger charge is 2.08. The van der Waals surface area contributed by atoms with Crippen LogP contribution in [-0.2, 0) is 0 Å². The van der Waals surface area contributed by atoms with Gasteiger partial charge in [-0.25, -0.2) is 13.6 Å². The Bertz CT molecular complexity index is 698. The Morgan fingerprint density at radius 1 is 1.05 bits per heavy atom. The van der Waals surface area contributed by atoms with Gasteiger partial charge in [0.1, 0.15) is 0 Å². The van der Waals surface area contributed by atoms with Crippen molar-refractivity contribution >= 4 is 29.0 Å². The van der Waals surface area contributed by atoms with Crippen LogP contribution in [0.15, 0.2) is 36.4 Å². The van der Waals surface area contributed by atoms with Crippen LogP contribution >= 0.6 is 11.6 Å². The van der Waals surface area contributed by atoms with Crippen molar-refractivity contribution in [3.8, 4) is 5.75 Å². The summed E-state index contributed by atoms with van der Waals surface area (Å²) < 4.78 is 25.9. The lowest BCUT2D eigenvalue weighted by atomic mass is 10.3. The third kappa shape index (κ3) is 4.06. The lowest BCUT2D eigenvalue weighted by Gasteiger charge is -2.10. The third-order valence-electron chi connectivity index (χ3n) is 2.58. The molecule has 0 heterocycles. The molecule has 0 aromatic heterocycles. The average molecular weight is 328 g/mol. The van der Waals surface area contributed by atoms with Gasteiger partial charge >= 0.3 is 6.03 Å². The van der Waals surface area contributed by atoms with Gasteiger partial charge in [0.05, 0.1) is 5.02 Å². The first-order chi connectivity index (χ1) is 10.5. The van der Waals surface area contributed by atoms with Gasteiger partial charge in [-0.3, -0.25) is 0 Å². The second-order valence-corrected chi connectivity index (χ2v) is 4.57. The van der Waals surface area contributed by atoms with Gasteiger partial charge in [0, 0.05) is 30.6 Å². The van der Waals surface area contributed by atoms with E-state index in [1.165, 1.54) is 12.1 Å². The number of anilines is 2. The van der Waals surface area contributed by atoms with Crippen LogP contribution in [0.1, 0.15) is 0 Å². The molecule has 8 heteroatoms. The van der Waals surface area contributed by atoms with Crippen molar-refractivity contribution in [3.05, 3.63) is 53.1 Å². The van der Waals surface area contributed by atoms with Crippen molar-refractivity contribution in [2.24, 2.45) is 0 Å². The smallest absolute Gasteiger partial charge is 0.323 e. The van der Waals surface area contributed by atoms with Crippen molar-refractivity contribution in [1.29, 1.82) is 0 Å². The van der Waals surface area contributed by atoms with Gasteiger partial charge in [-0.2, -0.15) is 5.48 Å². The fourth-order valence-electron chi connectivity index (χ4n) is 1.64. The molecule has 0 unspecified atom stereocenters. The number of amides is 2. The van der Waals surface area contributed by atoms with Gasteiger partial charge in [0.25, 0.3) is 0 Å². The average Bonchev–Trinajstić information content (AvgIpc) is 2.47. The molecule has 0 saturated heterocycles. The summed E-state index contributed by atoms with van der Waals surface area (Å²) in [7, 11) is 1.56. The van der Waals surface area contributed by atoms with E-state index >= 15 is 0 Å². The summed E-state index contributed by atoms with van der Waals surface area (Å²) in [5, 5.41) is 5.26. The lowest BCUT2D eigenvalue weighted by molar-refractivity contribution is 0.224. The molecular weight excluding hydrogens is 316 g/mol. The van der Waals surface area contributed by atoms with E-state index in [1.54, 1.807) is 19.2 Å². The van der Waals surface area contributed by atoms with E-state index in [1.807, 2.05) is 0 Å². The maximum Gasteiger partial charge on any atom is 0.323 e. The number of carbonyl (C=O) groups is 1. The zero-order valence-corrected chi connectivity index (χ0v) is 12.2. The van der Waals surface area contributed by atoms with Crippen molar-refractivity contribution in [1.82, 2.24) is 5.48 Å². The Kier molecular flexibility index (Phi) is 5.13. The molecule has 2 rings (SSSR count). The highest BCUT2D eigenvalue weighted by atomic mass is 35.5. The second kappa shape index (κ2) is 7.06. The number of urea groups is 1. The van der Waals surface area contributed by atoms with Crippen molar-refractivity contribution < 1.29 is 18.4 Å². The molecule has 116 valence electrons. The molecule has 2 amide bonds. The van der Waals surface area contributed by atoms with Crippen LogP contribution in [0, 0.1) is 11.6 Å². The van der Waals surface area contributed by atoms with Gasteiger partial charge in [-0.1, -0.05) is 11.6 Å². The maximum absolute atomic E-state index is 13.1. The molecule has 5 nitrogen and oxygen atoms in total. The molecule has 0 spiro atoms. The predicted octanol–water partition coefficient (Wildman–Crippen LogP) is 3.78. The Morgan fingerprint density at radius 2 is 1.68 bits per heavy atom. The lowest BCUT2D eigenvalue weighted by Crippen LogP contribution is -2.19. The zero-order valence-electron chi connectivity index (χ0n) is 11.4. The molecule has 2 aromatic carbocycles. The summed E-state index contributed by atoms with van der Waals surface area (Å²) in [5.41, 5.74) is 3.00. The van der Waals surface area contributed by atoms with Crippen LogP contribution in [0.25, 0.3) is 0 Å². The fourth-order valence-corrected chi connectivity index (χ4v) is 1.79. The van der Waals surface area contributed by atoms with E-state index < -0.39 is 17.7 Å². The molecule has 0 saturated carbocycles. The third-order valence-corrected chi connectivity index (χ3v) is 2.89. The number of rotatable bonds is 4. The molecule has 0 aliphatic heterocycles. The molecule has 0 bridgehead atoms. The van der Waals surface area contributed by atoms with Crippen LogP contribution in [0.2, 0.25) is 5.02 Å². The van der Waals surface area contributed by atoms with Gasteiger partial charge in [0.2, 0.25) is 0 Å². The molecule has 0 aliphatic rings. The molecule has 0 fully saturated rings. The number of hydroxylamine groups is 1. The minimum absolute atomic E-state index is 0.122. The largest absolute Gasteiger partial charge is 0.407 e. The van der Waals surface area contributed by atoms with Crippen molar-refractivity contribution in [2.45, 2.75) is 0 Å². The van der Waals surface area contributed by atoms with E-state index in [4.69, 9.17) is 16.4 Å². The molecular formula is C14H12ClF2N3O2. The van der Waals surface area contributed by atoms with Crippen LogP contribution < -0.4 is 21.0 Å². The fraction of sp³-hybridized carbons (Fsp3) is 0.0714. The molecule has 0 radical (unpaired) electrons. The highest BCUT2D eigenvalue weighted by molar-refractivity contribution is 6.32. The monoisotopic (exact) mass is 327 g/mol. The zero-order chi connectivity index (χ0) is 16.1. The van der Waals surface area contributed by atoms with E-state index in [2.05, 4.69) is 16.1 Å². The Balaban J connectivity index is 2.05. The quantitative estimate of drug-likeness (QED) is 0.749. The Labute approximate surface area is 130 Å². The number of hydrogen-bond acceptors (Lipinski definition) is 3. The molecule has 0 aliphatic carbocycles. The molecule has 2 aromatic rings. The predicted molar refractivity (Wildman–Crippen MR) is 80.1 cm³/mol. The van der Waals surface area contributed by atoms with Gasteiger partial charge in [-0.15, -0.1) is 0 Å². The van der Waals surface area contributed by atoms with Gasteiger partial charge in [0.15, 0.2) is 17.4 Å². The minimum atomic E-state index is -1.05. The SMILES string of the molecule is CNOc1cc(NC(=O)Nc2ccc(F)c(F)c2)ccc1Cl. The standard InChI is InChI=1S/C14H12ClF2N3O2/c1-18-22-13-7-9(2-4-10(13)15)20-14(21)19-8-3-5-11(16)12(17)6-8/h2-7,18H,1H3,(H2,19,20,21). The van der Waals surface area contributed by atoms with E-state index in [0.717, 1.165) is 12.1 Å². The number of nitrogens with one attached hydrogen (secondary N) is 3.